The molecule has 3 rings (SSSR count). The van der Waals surface area contributed by atoms with E-state index in [1.54, 1.807) is 12.1 Å². The third kappa shape index (κ3) is 6.03. The fourth-order valence-electron chi connectivity index (χ4n) is 3.80. The monoisotopic (exact) mass is 432 g/mol. The molecule has 2 N–H and O–H groups in total. The standard InChI is InChI=1S/C27H32N2O3/c1-4-29(5-2)24-16-11-21(12-17-24)8-6-7-20-9-14-23(15-10-20)28-25-18-13-22(27(30)31)19-26(25)32-3/h9-19,28H,4-8H2,1-3H3,(H,30,31). The normalized spacial score (nSPS) is 10.6. The molecule has 32 heavy (non-hydrogen) atoms. The van der Waals surface area contributed by atoms with Crippen molar-refractivity contribution < 1.29 is 14.6 Å². The second kappa shape index (κ2) is 11.2. The summed E-state index contributed by atoms with van der Waals surface area (Å²) >= 11 is 0. The van der Waals surface area contributed by atoms with Crippen LogP contribution in [0.15, 0.2) is 66.7 Å². The summed E-state index contributed by atoms with van der Waals surface area (Å²) < 4.78 is 5.33. The first-order valence-electron chi connectivity index (χ1n) is 11.1. The highest BCUT2D eigenvalue weighted by atomic mass is 16.5. The quantitative estimate of drug-likeness (QED) is 0.380. The summed E-state index contributed by atoms with van der Waals surface area (Å²) in [5, 5.41) is 12.4. The molecule has 0 radical (unpaired) electrons. The number of hydrogen-bond acceptors (Lipinski definition) is 4. The number of aryl methyl sites for hydroxylation is 2. The van der Waals surface area contributed by atoms with Crippen LogP contribution < -0.4 is 15.0 Å². The predicted octanol–water partition coefficient (Wildman–Crippen LogP) is 6.16. The van der Waals surface area contributed by atoms with E-state index in [9.17, 15) is 4.79 Å². The Hall–Kier alpha value is -3.47. The number of aromatic carboxylic acids is 1. The summed E-state index contributed by atoms with van der Waals surface area (Å²) in [6.07, 6.45) is 3.18. The van der Waals surface area contributed by atoms with Crippen molar-refractivity contribution in [2.45, 2.75) is 33.1 Å². The molecule has 0 heterocycles. The molecular weight excluding hydrogens is 400 g/mol. The average Bonchev–Trinajstić information content (AvgIpc) is 2.82. The maximum atomic E-state index is 11.1. The fourth-order valence-corrected chi connectivity index (χ4v) is 3.80. The van der Waals surface area contributed by atoms with Crippen LogP contribution in [0, 0.1) is 0 Å². The Morgan fingerprint density at radius 1 is 0.906 bits per heavy atom. The summed E-state index contributed by atoms with van der Waals surface area (Å²) in [5.41, 5.74) is 5.82. The van der Waals surface area contributed by atoms with Crippen LogP contribution in [0.4, 0.5) is 17.1 Å². The van der Waals surface area contributed by atoms with E-state index in [1.807, 2.05) is 12.1 Å². The molecule has 0 aromatic heterocycles. The van der Waals surface area contributed by atoms with Crippen LogP contribution in [0.3, 0.4) is 0 Å². The molecule has 0 saturated heterocycles. The highest BCUT2D eigenvalue weighted by Crippen LogP contribution is 2.29. The van der Waals surface area contributed by atoms with Crippen molar-refractivity contribution in [3.8, 4) is 5.75 Å². The van der Waals surface area contributed by atoms with Crippen molar-refractivity contribution in [1.29, 1.82) is 0 Å². The number of nitrogens with one attached hydrogen (secondary N) is 1. The summed E-state index contributed by atoms with van der Waals surface area (Å²) in [6.45, 7) is 6.43. The van der Waals surface area contributed by atoms with Gasteiger partial charge < -0.3 is 20.1 Å². The van der Waals surface area contributed by atoms with E-state index in [4.69, 9.17) is 9.84 Å². The number of benzene rings is 3. The highest BCUT2D eigenvalue weighted by Gasteiger charge is 2.09. The number of carboxylic acids is 1. The smallest absolute Gasteiger partial charge is 0.335 e. The molecule has 0 fully saturated rings. The Balaban J connectivity index is 1.53. The van der Waals surface area contributed by atoms with Crippen LogP contribution in [-0.2, 0) is 12.8 Å². The van der Waals surface area contributed by atoms with Crippen molar-refractivity contribution in [2.75, 3.05) is 30.4 Å². The SMILES string of the molecule is CCN(CC)c1ccc(CCCc2ccc(Nc3ccc(C(=O)O)cc3OC)cc2)cc1. The minimum absolute atomic E-state index is 0.199. The van der Waals surface area contributed by atoms with Crippen LogP contribution in [0.1, 0.15) is 41.8 Å². The number of ether oxygens (including phenoxy) is 1. The second-order valence-corrected chi connectivity index (χ2v) is 7.73. The lowest BCUT2D eigenvalue weighted by molar-refractivity contribution is 0.0696. The van der Waals surface area contributed by atoms with Crippen LogP contribution >= 0.6 is 0 Å². The van der Waals surface area contributed by atoms with E-state index in [0.29, 0.717) is 5.75 Å². The Kier molecular flexibility index (Phi) is 8.14. The third-order valence-corrected chi connectivity index (χ3v) is 5.68. The molecule has 0 unspecified atom stereocenters. The van der Waals surface area contributed by atoms with Gasteiger partial charge in [-0.3, -0.25) is 0 Å². The topological polar surface area (TPSA) is 61.8 Å². The molecule has 0 aliphatic heterocycles. The van der Waals surface area contributed by atoms with Crippen LogP contribution in [0.2, 0.25) is 0 Å². The molecule has 3 aromatic rings. The van der Waals surface area contributed by atoms with Crippen molar-refractivity contribution in [1.82, 2.24) is 0 Å². The lowest BCUT2D eigenvalue weighted by Crippen LogP contribution is -2.21. The largest absolute Gasteiger partial charge is 0.495 e. The zero-order valence-electron chi connectivity index (χ0n) is 19.1. The minimum atomic E-state index is -0.973. The fraction of sp³-hybridized carbons (Fsp3) is 0.296. The molecule has 0 spiro atoms. The van der Waals surface area contributed by atoms with Gasteiger partial charge >= 0.3 is 5.97 Å². The van der Waals surface area contributed by atoms with E-state index in [1.165, 1.54) is 30.0 Å². The van der Waals surface area contributed by atoms with Gasteiger partial charge in [-0.15, -0.1) is 0 Å². The van der Waals surface area contributed by atoms with E-state index < -0.39 is 5.97 Å². The lowest BCUT2D eigenvalue weighted by atomic mass is 10.0. The van der Waals surface area contributed by atoms with Gasteiger partial charge in [0.2, 0.25) is 0 Å². The Labute approximate surface area is 190 Å². The molecule has 5 nitrogen and oxygen atoms in total. The van der Waals surface area contributed by atoms with Crippen molar-refractivity contribution in [3.63, 3.8) is 0 Å². The van der Waals surface area contributed by atoms with Gasteiger partial charge in [0.05, 0.1) is 18.4 Å². The van der Waals surface area contributed by atoms with Gasteiger partial charge in [-0.1, -0.05) is 24.3 Å². The predicted molar refractivity (Wildman–Crippen MR) is 132 cm³/mol. The van der Waals surface area contributed by atoms with Crippen LogP contribution in [0.5, 0.6) is 5.75 Å². The number of nitrogens with zero attached hydrogens (tertiary/aromatic N) is 1. The summed E-state index contributed by atoms with van der Waals surface area (Å²) in [6, 6.07) is 22.1. The zero-order valence-corrected chi connectivity index (χ0v) is 19.1. The number of methoxy groups -OCH3 is 1. The van der Waals surface area contributed by atoms with Crippen LogP contribution in [-0.4, -0.2) is 31.3 Å². The lowest BCUT2D eigenvalue weighted by Gasteiger charge is -2.21. The van der Waals surface area contributed by atoms with Crippen molar-refractivity contribution in [3.05, 3.63) is 83.4 Å². The first-order chi connectivity index (χ1) is 15.5. The van der Waals surface area contributed by atoms with Crippen molar-refractivity contribution in [2.24, 2.45) is 0 Å². The molecular formula is C27H32N2O3. The van der Waals surface area contributed by atoms with Gasteiger partial charge in [-0.2, -0.15) is 0 Å². The zero-order chi connectivity index (χ0) is 22.9. The molecule has 5 heteroatoms. The van der Waals surface area contributed by atoms with Gasteiger partial charge in [-0.25, -0.2) is 4.79 Å². The van der Waals surface area contributed by atoms with E-state index in [2.05, 4.69) is 60.5 Å². The maximum absolute atomic E-state index is 11.1. The summed E-state index contributed by atoms with van der Waals surface area (Å²) in [5.74, 6) is -0.472. The van der Waals surface area contributed by atoms with Crippen molar-refractivity contribution >= 4 is 23.0 Å². The number of anilines is 3. The number of rotatable bonds is 11. The summed E-state index contributed by atoms with van der Waals surface area (Å²) in [4.78, 5) is 13.5. The van der Waals surface area contributed by atoms with E-state index >= 15 is 0 Å². The molecule has 0 atom stereocenters. The molecule has 0 aliphatic carbocycles. The average molecular weight is 433 g/mol. The molecule has 0 bridgehead atoms. The van der Waals surface area contributed by atoms with Crippen LogP contribution in [0.25, 0.3) is 0 Å². The Morgan fingerprint density at radius 2 is 1.50 bits per heavy atom. The second-order valence-electron chi connectivity index (χ2n) is 7.73. The first-order valence-corrected chi connectivity index (χ1v) is 11.1. The van der Waals surface area contributed by atoms with E-state index in [0.717, 1.165) is 43.7 Å². The molecule has 168 valence electrons. The summed E-state index contributed by atoms with van der Waals surface area (Å²) in [7, 11) is 1.53. The van der Waals surface area contributed by atoms with Gasteiger partial charge in [0, 0.05) is 24.5 Å². The maximum Gasteiger partial charge on any atom is 0.335 e. The molecule has 0 amide bonds. The number of carbonyl (C=O) groups is 1. The number of carboxylic acid groups (broad SMARTS) is 1. The van der Waals surface area contributed by atoms with Gasteiger partial charge in [0.25, 0.3) is 0 Å². The molecule has 3 aromatic carbocycles. The molecule has 0 saturated carbocycles. The Morgan fingerprint density at radius 3 is 2.03 bits per heavy atom. The van der Waals surface area contributed by atoms with E-state index in [-0.39, 0.29) is 5.56 Å². The van der Waals surface area contributed by atoms with Gasteiger partial charge in [0.15, 0.2) is 0 Å². The Bertz CT molecular complexity index is 1010. The first kappa shape index (κ1) is 23.2. The number of hydrogen-bond donors (Lipinski definition) is 2. The van der Waals surface area contributed by atoms with Gasteiger partial charge in [-0.05, 0) is 86.7 Å². The minimum Gasteiger partial charge on any atom is -0.495 e. The highest BCUT2D eigenvalue weighted by molar-refractivity contribution is 5.89. The van der Waals surface area contributed by atoms with Gasteiger partial charge in [0.1, 0.15) is 5.75 Å². The third-order valence-electron chi connectivity index (χ3n) is 5.68. The molecule has 0 aliphatic rings.